The molecule has 0 spiro atoms. The van der Waals surface area contributed by atoms with Gasteiger partial charge in [0.1, 0.15) is 0 Å². The molecule has 0 aromatic carbocycles. The van der Waals surface area contributed by atoms with Crippen LogP contribution in [0, 0.1) is 5.92 Å². The molecule has 2 aliphatic rings. The number of aliphatic hydroxyl groups excluding tert-OH is 1. The Labute approximate surface area is 99.2 Å². The molecule has 1 saturated carbocycles. The van der Waals surface area contributed by atoms with Gasteiger partial charge in [0.05, 0.1) is 6.10 Å². The van der Waals surface area contributed by atoms with Crippen LogP contribution in [0.4, 0.5) is 0 Å². The zero-order valence-corrected chi connectivity index (χ0v) is 10.5. The SMILES string of the molecule is CN(CC(O)CC1CCCC1)C1CCNC1. The summed E-state index contributed by atoms with van der Waals surface area (Å²) < 4.78 is 0. The number of aliphatic hydroxyl groups is 1. The van der Waals surface area contributed by atoms with Crippen LogP contribution in [0.25, 0.3) is 0 Å². The molecule has 2 N–H and O–H groups in total. The van der Waals surface area contributed by atoms with Crippen LogP contribution in [-0.4, -0.2) is 48.8 Å². The van der Waals surface area contributed by atoms with E-state index in [1.807, 2.05) is 0 Å². The van der Waals surface area contributed by atoms with Gasteiger partial charge < -0.3 is 10.4 Å². The molecule has 0 bridgehead atoms. The van der Waals surface area contributed by atoms with Gasteiger partial charge in [-0.2, -0.15) is 0 Å². The molecule has 2 atom stereocenters. The molecule has 2 fully saturated rings. The Morgan fingerprint density at radius 3 is 2.69 bits per heavy atom. The third-order valence-corrected chi connectivity index (χ3v) is 4.24. The molecule has 2 unspecified atom stereocenters. The fourth-order valence-corrected chi connectivity index (χ4v) is 3.20. The van der Waals surface area contributed by atoms with Gasteiger partial charge in [-0.1, -0.05) is 25.7 Å². The zero-order valence-electron chi connectivity index (χ0n) is 10.5. The van der Waals surface area contributed by atoms with E-state index in [1.165, 1.54) is 32.1 Å². The summed E-state index contributed by atoms with van der Waals surface area (Å²) in [7, 11) is 2.15. The Bertz CT molecular complexity index is 198. The first-order valence-corrected chi connectivity index (χ1v) is 6.84. The van der Waals surface area contributed by atoms with Crippen molar-refractivity contribution in [1.29, 1.82) is 0 Å². The molecule has 1 heterocycles. The van der Waals surface area contributed by atoms with Crippen molar-refractivity contribution >= 4 is 0 Å². The van der Waals surface area contributed by atoms with Gasteiger partial charge in [-0.25, -0.2) is 0 Å². The lowest BCUT2D eigenvalue weighted by atomic mass is 9.99. The Kier molecular flexibility index (Phi) is 4.62. The predicted octanol–water partition coefficient (Wildman–Crippen LogP) is 1.22. The average Bonchev–Trinajstić information content (AvgIpc) is 2.88. The van der Waals surface area contributed by atoms with Crippen molar-refractivity contribution in [2.24, 2.45) is 5.92 Å². The second-order valence-corrected chi connectivity index (χ2v) is 5.63. The maximum Gasteiger partial charge on any atom is 0.0669 e. The maximum absolute atomic E-state index is 10.1. The summed E-state index contributed by atoms with van der Waals surface area (Å²) in [6, 6.07) is 0.637. The minimum Gasteiger partial charge on any atom is -0.392 e. The fraction of sp³-hybridized carbons (Fsp3) is 1.00. The summed E-state index contributed by atoms with van der Waals surface area (Å²) in [4.78, 5) is 2.33. The van der Waals surface area contributed by atoms with E-state index in [9.17, 15) is 5.11 Å². The molecule has 1 saturated heterocycles. The van der Waals surface area contributed by atoms with E-state index in [4.69, 9.17) is 0 Å². The first-order chi connectivity index (χ1) is 7.75. The predicted molar refractivity (Wildman–Crippen MR) is 66.5 cm³/mol. The van der Waals surface area contributed by atoms with Gasteiger partial charge in [0.15, 0.2) is 0 Å². The Morgan fingerprint density at radius 1 is 1.31 bits per heavy atom. The Balaban J connectivity index is 1.66. The first kappa shape index (κ1) is 12.3. The highest BCUT2D eigenvalue weighted by Crippen LogP contribution is 2.28. The van der Waals surface area contributed by atoms with Crippen LogP contribution in [0.5, 0.6) is 0 Å². The van der Waals surface area contributed by atoms with Gasteiger partial charge in [-0.05, 0) is 32.4 Å². The van der Waals surface area contributed by atoms with Crippen molar-refractivity contribution in [2.75, 3.05) is 26.7 Å². The number of nitrogens with one attached hydrogen (secondary N) is 1. The van der Waals surface area contributed by atoms with Crippen LogP contribution < -0.4 is 5.32 Å². The molecule has 1 aliphatic heterocycles. The van der Waals surface area contributed by atoms with E-state index in [1.54, 1.807) is 0 Å². The molecule has 0 amide bonds. The quantitative estimate of drug-likeness (QED) is 0.740. The van der Waals surface area contributed by atoms with Gasteiger partial charge in [-0.15, -0.1) is 0 Å². The van der Waals surface area contributed by atoms with Crippen molar-refractivity contribution in [2.45, 2.75) is 50.7 Å². The highest BCUT2D eigenvalue weighted by atomic mass is 16.3. The Hall–Kier alpha value is -0.120. The van der Waals surface area contributed by atoms with Crippen molar-refractivity contribution in [3.63, 3.8) is 0 Å². The van der Waals surface area contributed by atoms with Crippen LogP contribution in [0.1, 0.15) is 38.5 Å². The van der Waals surface area contributed by atoms with Crippen molar-refractivity contribution in [3.8, 4) is 0 Å². The number of hydrogen-bond acceptors (Lipinski definition) is 3. The van der Waals surface area contributed by atoms with E-state index in [2.05, 4.69) is 17.3 Å². The lowest BCUT2D eigenvalue weighted by molar-refractivity contribution is 0.0876. The molecular formula is C13H26N2O. The number of nitrogens with zero attached hydrogens (tertiary/aromatic N) is 1. The van der Waals surface area contributed by atoms with Gasteiger partial charge >= 0.3 is 0 Å². The van der Waals surface area contributed by atoms with Crippen LogP contribution >= 0.6 is 0 Å². The fourth-order valence-electron chi connectivity index (χ4n) is 3.20. The zero-order chi connectivity index (χ0) is 11.4. The normalized spacial score (nSPS) is 29.1. The highest BCUT2D eigenvalue weighted by Gasteiger charge is 2.23. The Morgan fingerprint density at radius 2 is 2.06 bits per heavy atom. The largest absolute Gasteiger partial charge is 0.392 e. The molecule has 1 aliphatic carbocycles. The third kappa shape index (κ3) is 3.44. The highest BCUT2D eigenvalue weighted by molar-refractivity contribution is 4.81. The van der Waals surface area contributed by atoms with Gasteiger partial charge in [0.2, 0.25) is 0 Å². The molecule has 0 radical (unpaired) electrons. The molecular weight excluding hydrogens is 200 g/mol. The smallest absolute Gasteiger partial charge is 0.0669 e. The second-order valence-electron chi connectivity index (χ2n) is 5.63. The van der Waals surface area contributed by atoms with E-state index < -0.39 is 0 Å². The monoisotopic (exact) mass is 226 g/mol. The van der Waals surface area contributed by atoms with Crippen LogP contribution in [0.2, 0.25) is 0 Å². The van der Waals surface area contributed by atoms with E-state index >= 15 is 0 Å². The lowest BCUT2D eigenvalue weighted by Gasteiger charge is -2.27. The molecule has 94 valence electrons. The molecule has 0 aromatic heterocycles. The number of likely N-dealkylation sites (N-methyl/N-ethyl adjacent to an activating group) is 1. The number of hydrogen-bond donors (Lipinski definition) is 2. The summed E-state index contributed by atoms with van der Waals surface area (Å²) in [6.45, 7) is 3.07. The standard InChI is InChI=1S/C13H26N2O/c1-15(12-6-7-14-9-12)10-13(16)8-11-4-2-3-5-11/h11-14,16H,2-10H2,1H3. The summed E-state index contributed by atoms with van der Waals surface area (Å²) in [5.41, 5.74) is 0. The van der Waals surface area contributed by atoms with E-state index in [0.29, 0.717) is 6.04 Å². The first-order valence-electron chi connectivity index (χ1n) is 6.84. The minimum absolute atomic E-state index is 0.117. The lowest BCUT2D eigenvalue weighted by Crippen LogP contribution is -2.39. The molecule has 16 heavy (non-hydrogen) atoms. The summed E-state index contributed by atoms with van der Waals surface area (Å²) in [5.74, 6) is 0.796. The minimum atomic E-state index is -0.117. The van der Waals surface area contributed by atoms with Crippen molar-refractivity contribution < 1.29 is 5.11 Å². The van der Waals surface area contributed by atoms with E-state index in [0.717, 1.165) is 32.0 Å². The van der Waals surface area contributed by atoms with Crippen molar-refractivity contribution in [1.82, 2.24) is 10.2 Å². The van der Waals surface area contributed by atoms with Gasteiger partial charge in [-0.3, -0.25) is 4.90 Å². The molecule has 3 nitrogen and oxygen atoms in total. The molecule has 2 rings (SSSR count). The average molecular weight is 226 g/mol. The topological polar surface area (TPSA) is 35.5 Å². The van der Waals surface area contributed by atoms with Gasteiger partial charge in [0, 0.05) is 19.1 Å². The van der Waals surface area contributed by atoms with Crippen LogP contribution in [0.15, 0.2) is 0 Å². The summed E-state index contributed by atoms with van der Waals surface area (Å²) >= 11 is 0. The number of rotatable bonds is 5. The van der Waals surface area contributed by atoms with Crippen LogP contribution in [-0.2, 0) is 0 Å². The third-order valence-electron chi connectivity index (χ3n) is 4.24. The van der Waals surface area contributed by atoms with E-state index in [-0.39, 0.29) is 6.10 Å². The molecule has 0 aromatic rings. The summed E-state index contributed by atoms with van der Waals surface area (Å²) in [6.07, 6.45) is 7.56. The summed E-state index contributed by atoms with van der Waals surface area (Å²) in [5, 5.41) is 13.5. The van der Waals surface area contributed by atoms with Gasteiger partial charge in [0.25, 0.3) is 0 Å². The second kappa shape index (κ2) is 5.99. The maximum atomic E-state index is 10.1. The van der Waals surface area contributed by atoms with Crippen molar-refractivity contribution in [3.05, 3.63) is 0 Å². The molecule has 3 heteroatoms. The van der Waals surface area contributed by atoms with Crippen LogP contribution in [0.3, 0.4) is 0 Å².